The Labute approximate surface area is 118 Å². The molecule has 2 N–H and O–H groups in total. The SMILES string of the molecule is CCCS(=O)(=O)CCn1ncc(OCCCN)cc1=O. The number of rotatable bonds is 9. The number of ether oxygens (including phenoxy) is 1. The summed E-state index contributed by atoms with van der Waals surface area (Å²) in [5, 5.41) is 3.90. The molecule has 0 radical (unpaired) electrons. The van der Waals surface area contributed by atoms with Crippen LogP contribution in [0, 0.1) is 0 Å². The summed E-state index contributed by atoms with van der Waals surface area (Å²) in [7, 11) is -3.12. The molecule has 1 aromatic heterocycles. The number of hydrogen-bond donors (Lipinski definition) is 1. The van der Waals surface area contributed by atoms with Crippen LogP contribution in [0.1, 0.15) is 19.8 Å². The molecule has 7 nitrogen and oxygen atoms in total. The van der Waals surface area contributed by atoms with Gasteiger partial charge >= 0.3 is 0 Å². The summed E-state index contributed by atoms with van der Waals surface area (Å²) in [5.74, 6) is 0.416. The summed E-state index contributed by atoms with van der Waals surface area (Å²) in [6, 6.07) is 1.30. The summed E-state index contributed by atoms with van der Waals surface area (Å²) in [4.78, 5) is 11.7. The first-order valence-electron chi connectivity index (χ1n) is 6.59. The first-order chi connectivity index (χ1) is 9.48. The van der Waals surface area contributed by atoms with E-state index in [2.05, 4.69) is 5.10 Å². The van der Waals surface area contributed by atoms with Gasteiger partial charge in [-0.15, -0.1) is 0 Å². The van der Waals surface area contributed by atoms with Crippen LogP contribution in [0.25, 0.3) is 0 Å². The lowest BCUT2D eigenvalue weighted by Gasteiger charge is -2.07. The van der Waals surface area contributed by atoms with E-state index in [1.54, 1.807) is 6.92 Å². The van der Waals surface area contributed by atoms with Crippen molar-refractivity contribution in [3.8, 4) is 5.75 Å². The maximum Gasteiger partial charge on any atom is 0.270 e. The molecule has 0 unspecified atom stereocenters. The Kier molecular flexibility index (Phi) is 6.66. The van der Waals surface area contributed by atoms with Crippen LogP contribution in [0.2, 0.25) is 0 Å². The van der Waals surface area contributed by atoms with Crippen LogP contribution in [0.4, 0.5) is 0 Å². The molecule has 0 spiro atoms. The molecule has 0 aliphatic carbocycles. The number of sulfone groups is 1. The molecule has 0 saturated heterocycles. The summed E-state index contributed by atoms with van der Waals surface area (Å²) in [6.45, 7) is 2.80. The van der Waals surface area contributed by atoms with Gasteiger partial charge in [0.1, 0.15) is 5.75 Å². The first kappa shape index (κ1) is 16.6. The monoisotopic (exact) mass is 303 g/mol. The quantitative estimate of drug-likeness (QED) is 0.633. The Morgan fingerprint density at radius 1 is 1.40 bits per heavy atom. The molecule has 0 fully saturated rings. The predicted molar refractivity (Wildman–Crippen MR) is 76.6 cm³/mol. The second-order valence-corrected chi connectivity index (χ2v) is 6.70. The summed E-state index contributed by atoms with van der Waals surface area (Å²) in [6.07, 6.45) is 2.67. The van der Waals surface area contributed by atoms with Gasteiger partial charge in [-0.05, 0) is 19.4 Å². The number of aryl methyl sites for hydroxylation is 1. The molecule has 0 aromatic carbocycles. The van der Waals surface area contributed by atoms with Gasteiger partial charge < -0.3 is 10.5 Å². The van der Waals surface area contributed by atoms with Crippen molar-refractivity contribution in [2.75, 3.05) is 24.7 Å². The first-order valence-corrected chi connectivity index (χ1v) is 8.41. The minimum absolute atomic E-state index is 0.0598. The van der Waals surface area contributed by atoms with Gasteiger partial charge in [0.25, 0.3) is 5.56 Å². The van der Waals surface area contributed by atoms with Crippen LogP contribution < -0.4 is 16.0 Å². The van der Waals surface area contributed by atoms with Crippen LogP contribution in [0.5, 0.6) is 5.75 Å². The van der Waals surface area contributed by atoms with Gasteiger partial charge in [0.2, 0.25) is 0 Å². The van der Waals surface area contributed by atoms with Crippen molar-refractivity contribution in [3.63, 3.8) is 0 Å². The average molecular weight is 303 g/mol. The van der Waals surface area contributed by atoms with Crippen LogP contribution >= 0.6 is 0 Å². The lowest BCUT2D eigenvalue weighted by molar-refractivity contribution is 0.309. The van der Waals surface area contributed by atoms with Crippen LogP contribution in [0.3, 0.4) is 0 Å². The molecule has 1 aromatic rings. The van der Waals surface area contributed by atoms with E-state index in [4.69, 9.17) is 10.5 Å². The molecule has 0 atom stereocenters. The molecule has 0 aliphatic heterocycles. The predicted octanol–water partition coefficient (Wildman–Crippen LogP) is -0.204. The lowest BCUT2D eigenvalue weighted by Crippen LogP contribution is -2.26. The number of hydrogen-bond acceptors (Lipinski definition) is 6. The van der Waals surface area contributed by atoms with E-state index in [-0.39, 0.29) is 23.6 Å². The van der Waals surface area contributed by atoms with Gasteiger partial charge in [-0.3, -0.25) is 4.79 Å². The number of nitrogens with zero attached hydrogens (tertiary/aromatic N) is 2. The third-order valence-electron chi connectivity index (χ3n) is 2.59. The molecule has 8 heteroatoms. The second kappa shape index (κ2) is 8.01. The largest absolute Gasteiger partial charge is 0.492 e. The third-order valence-corrected chi connectivity index (χ3v) is 4.43. The highest BCUT2D eigenvalue weighted by Crippen LogP contribution is 2.04. The van der Waals surface area contributed by atoms with Crippen molar-refractivity contribution in [3.05, 3.63) is 22.6 Å². The van der Waals surface area contributed by atoms with Crippen molar-refractivity contribution < 1.29 is 13.2 Å². The van der Waals surface area contributed by atoms with Gasteiger partial charge in [-0.1, -0.05) is 6.92 Å². The van der Waals surface area contributed by atoms with E-state index in [1.807, 2.05) is 0 Å². The van der Waals surface area contributed by atoms with Crippen molar-refractivity contribution >= 4 is 9.84 Å². The van der Waals surface area contributed by atoms with Crippen LogP contribution in [-0.4, -0.2) is 42.9 Å². The van der Waals surface area contributed by atoms with E-state index >= 15 is 0 Å². The molecule has 114 valence electrons. The van der Waals surface area contributed by atoms with Crippen molar-refractivity contribution in [1.82, 2.24) is 9.78 Å². The van der Waals surface area contributed by atoms with E-state index < -0.39 is 9.84 Å². The van der Waals surface area contributed by atoms with E-state index in [0.29, 0.717) is 31.7 Å². The van der Waals surface area contributed by atoms with E-state index in [9.17, 15) is 13.2 Å². The molecule has 0 amide bonds. The standard InChI is InChI=1S/C12H21N3O4S/c1-2-7-20(17,18)8-5-15-12(16)9-11(10-14-15)19-6-3-4-13/h9-10H,2-8,13H2,1H3. The fraction of sp³-hybridized carbons (Fsp3) is 0.667. The van der Waals surface area contributed by atoms with E-state index in [1.165, 1.54) is 12.3 Å². The fourth-order valence-corrected chi connectivity index (χ4v) is 2.85. The molecular weight excluding hydrogens is 282 g/mol. The van der Waals surface area contributed by atoms with Gasteiger partial charge in [-0.25, -0.2) is 13.1 Å². The van der Waals surface area contributed by atoms with Gasteiger partial charge in [0.15, 0.2) is 9.84 Å². The minimum atomic E-state index is -3.12. The van der Waals surface area contributed by atoms with E-state index in [0.717, 1.165) is 4.68 Å². The summed E-state index contributed by atoms with van der Waals surface area (Å²) >= 11 is 0. The molecule has 0 bridgehead atoms. The van der Waals surface area contributed by atoms with Crippen molar-refractivity contribution in [2.45, 2.75) is 26.3 Å². The zero-order valence-electron chi connectivity index (χ0n) is 11.6. The molecule has 1 rings (SSSR count). The Hall–Kier alpha value is -1.41. The smallest absolute Gasteiger partial charge is 0.270 e. The highest BCUT2D eigenvalue weighted by atomic mass is 32.2. The zero-order valence-corrected chi connectivity index (χ0v) is 12.4. The third kappa shape index (κ3) is 5.70. The van der Waals surface area contributed by atoms with Crippen LogP contribution in [0.15, 0.2) is 17.1 Å². The number of nitrogens with two attached hydrogens (primary N) is 1. The Balaban J connectivity index is 2.62. The van der Waals surface area contributed by atoms with Crippen molar-refractivity contribution in [1.29, 1.82) is 0 Å². The Bertz CT molecular complexity index is 568. The molecule has 0 aliphatic rings. The van der Waals surface area contributed by atoms with Gasteiger partial charge in [0, 0.05) is 11.8 Å². The maximum atomic E-state index is 11.7. The molecule has 1 heterocycles. The average Bonchev–Trinajstić information content (AvgIpc) is 2.38. The van der Waals surface area contributed by atoms with Crippen molar-refractivity contribution in [2.24, 2.45) is 5.73 Å². The maximum absolute atomic E-state index is 11.7. The summed E-state index contributed by atoms with van der Waals surface area (Å²) in [5.41, 5.74) is 4.96. The highest BCUT2D eigenvalue weighted by Gasteiger charge is 2.10. The highest BCUT2D eigenvalue weighted by molar-refractivity contribution is 7.91. The second-order valence-electron chi connectivity index (χ2n) is 4.40. The van der Waals surface area contributed by atoms with Gasteiger partial charge in [0.05, 0.1) is 25.1 Å². The topological polar surface area (TPSA) is 104 Å². The van der Waals surface area contributed by atoms with Crippen LogP contribution in [-0.2, 0) is 16.4 Å². The fourth-order valence-electron chi connectivity index (χ4n) is 1.58. The van der Waals surface area contributed by atoms with Gasteiger partial charge in [-0.2, -0.15) is 5.10 Å². The number of aromatic nitrogens is 2. The molecule has 20 heavy (non-hydrogen) atoms. The molecular formula is C12H21N3O4S. The Morgan fingerprint density at radius 3 is 2.75 bits per heavy atom. The lowest BCUT2D eigenvalue weighted by atomic mass is 10.4. The summed E-state index contributed by atoms with van der Waals surface area (Å²) < 4.78 is 29.6. The zero-order chi connectivity index (χ0) is 15.0. The normalized spacial score (nSPS) is 11.5. The minimum Gasteiger partial charge on any atom is -0.492 e. The Morgan fingerprint density at radius 2 is 2.15 bits per heavy atom. The molecule has 0 saturated carbocycles.